The zero-order valence-corrected chi connectivity index (χ0v) is 10.4. The summed E-state index contributed by atoms with van der Waals surface area (Å²) in [5, 5.41) is 3.72. The lowest BCUT2D eigenvalue weighted by molar-refractivity contribution is 0.192. The SMILES string of the molecule is CCC1CCCC1NCCCCCOC. The van der Waals surface area contributed by atoms with Crippen LogP contribution in [0.15, 0.2) is 0 Å². The molecule has 0 aromatic carbocycles. The van der Waals surface area contributed by atoms with Crippen LogP contribution in [0.2, 0.25) is 0 Å². The first kappa shape index (κ1) is 13.0. The van der Waals surface area contributed by atoms with Crippen LogP contribution in [0, 0.1) is 5.92 Å². The summed E-state index contributed by atoms with van der Waals surface area (Å²) in [7, 11) is 1.78. The first-order chi connectivity index (χ1) is 7.38. The van der Waals surface area contributed by atoms with Crippen molar-refractivity contribution in [1.29, 1.82) is 0 Å². The molecular weight excluding hydrogens is 186 g/mol. The quantitative estimate of drug-likeness (QED) is 0.626. The topological polar surface area (TPSA) is 21.3 Å². The Kier molecular flexibility index (Phi) is 7.03. The van der Waals surface area contributed by atoms with Crippen molar-refractivity contribution in [3.05, 3.63) is 0 Å². The van der Waals surface area contributed by atoms with Gasteiger partial charge in [0.15, 0.2) is 0 Å². The molecule has 0 aromatic heterocycles. The van der Waals surface area contributed by atoms with Gasteiger partial charge < -0.3 is 10.1 Å². The zero-order chi connectivity index (χ0) is 10.9. The second-order valence-corrected chi connectivity index (χ2v) is 4.71. The molecule has 1 aliphatic carbocycles. The normalized spacial score (nSPS) is 26.0. The smallest absolute Gasteiger partial charge is 0.0462 e. The number of hydrogen-bond donors (Lipinski definition) is 1. The highest BCUT2D eigenvalue weighted by Crippen LogP contribution is 2.27. The maximum atomic E-state index is 5.04. The Morgan fingerprint density at radius 3 is 2.80 bits per heavy atom. The Hall–Kier alpha value is -0.0800. The van der Waals surface area contributed by atoms with Crippen LogP contribution in [0.25, 0.3) is 0 Å². The molecule has 0 aliphatic heterocycles. The van der Waals surface area contributed by atoms with Crippen molar-refractivity contribution in [1.82, 2.24) is 5.32 Å². The minimum atomic E-state index is 0.817. The van der Waals surface area contributed by atoms with Gasteiger partial charge in [-0.05, 0) is 44.6 Å². The molecule has 0 heterocycles. The molecule has 2 unspecified atom stereocenters. The lowest BCUT2D eigenvalue weighted by Crippen LogP contribution is -2.32. The molecule has 0 spiro atoms. The Morgan fingerprint density at radius 1 is 1.20 bits per heavy atom. The van der Waals surface area contributed by atoms with E-state index in [-0.39, 0.29) is 0 Å². The lowest BCUT2D eigenvalue weighted by atomic mass is 10.0. The van der Waals surface area contributed by atoms with E-state index in [4.69, 9.17) is 4.74 Å². The molecule has 15 heavy (non-hydrogen) atoms. The van der Waals surface area contributed by atoms with E-state index in [0.29, 0.717) is 0 Å². The average Bonchev–Trinajstić information content (AvgIpc) is 2.70. The highest BCUT2D eigenvalue weighted by atomic mass is 16.5. The summed E-state index contributed by atoms with van der Waals surface area (Å²) in [6.45, 7) is 4.44. The molecule has 0 radical (unpaired) electrons. The first-order valence-electron chi connectivity index (χ1n) is 6.60. The standard InChI is InChI=1S/C13H27NO/c1-3-12-8-7-9-13(12)14-10-5-4-6-11-15-2/h12-14H,3-11H2,1-2H3. The van der Waals surface area contributed by atoms with Crippen LogP contribution < -0.4 is 5.32 Å². The molecule has 1 fully saturated rings. The molecule has 90 valence electrons. The van der Waals surface area contributed by atoms with Gasteiger partial charge in [-0.2, -0.15) is 0 Å². The molecule has 0 aromatic rings. The highest BCUT2D eigenvalue weighted by Gasteiger charge is 2.24. The Morgan fingerprint density at radius 2 is 2.07 bits per heavy atom. The van der Waals surface area contributed by atoms with Crippen molar-refractivity contribution in [3.63, 3.8) is 0 Å². The second-order valence-electron chi connectivity index (χ2n) is 4.71. The number of unbranched alkanes of at least 4 members (excludes halogenated alkanes) is 2. The summed E-state index contributed by atoms with van der Waals surface area (Å²) in [5.74, 6) is 0.948. The van der Waals surface area contributed by atoms with Crippen LogP contribution in [0.1, 0.15) is 51.9 Å². The molecule has 2 heteroatoms. The third kappa shape index (κ3) is 4.98. The van der Waals surface area contributed by atoms with Gasteiger partial charge in [0, 0.05) is 19.8 Å². The number of nitrogens with one attached hydrogen (secondary N) is 1. The molecule has 1 saturated carbocycles. The van der Waals surface area contributed by atoms with Crippen LogP contribution in [0.3, 0.4) is 0 Å². The van der Waals surface area contributed by atoms with Gasteiger partial charge in [0.05, 0.1) is 0 Å². The summed E-state index contributed by atoms with van der Waals surface area (Å²) < 4.78 is 5.04. The maximum Gasteiger partial charge on any atom is 0.0462 e. The van der Waals surface area contributed by atoms with E-state index in [2.05, 4.69) is 12.2 Å². The number of hydrogen-bond acceptors (Lipinski definition) is 2. The van der Waals surface area contributed by atoms with Crippen LogP contribution in [0.5, 0.6) is 0 Å². The van der Waals surface area contributed by atoms with E-state index in [1.807, 2.05) is 0 Å². The summed E-state index contributed by atoms with van der Waals surface area (Å²) in [6, 6.07) is 0.817. The van der Waals surface area contributed by atoms with Crippen molar-refractivity contribution >= 4 is 0 Å². The van der Waals surface area contributed by atoms with E-state index in [9.17, 15) is 0 Å². The maximum absolute atomic E-state index is 5.04. The molecule has 0 saturated heterocycles. The summed E-state index contributed by atoms with van der Waals surface area (Å²) in [4.78, 5) is 0. The molecule has 1 rings (SSSR count). The second kappa shape index (κ2) is 8.12. The highest BCUT2D eigenvalue weighted by molar-refractivity contribution is 4.81. The molecule has 1 N–H and O–H groups in total. The number of ether oxygens (including phenoxy) is 1. The van der Waals surface area contributed by atoms with E-state index >= 15 is 0 Å². The minimum absolute atomic E-state index is 0.817. The summed E-state index contributed by atoms with van der Waals surface area (Å²) in [5.41, 5.74) is 0. The zero-order valence-electron chi connectivity index (χ0n) is 10.4. The van der Waals surface area contributed by atoms with Gasteiger partial charge in [-0.25, -0.2) is 0 Å². The van der Waals surface area contributed by atoms with Gasteiger partial charge in [0.2, 0.25) is 0 Å². The van der Waals surface area contributed by atoms with Gasteiger partial charge in [-0.1, -0.05) is 19.8 Å². The lowest BCUT2D eigenvalue weighted by Gasteiger charge is -2.19. The van der Waals surface area contributed by atoms with Gasteiger partial charge in [-0.3, -0.25) is 0 Å². The molecule has 0 bridgehead atoms. The molecule has 0 amide bonds. The first-order valence-corrected chi connectivity index (χ1v) is 6.60. The predicted octanol–water partition coefficient (Wildman–Crippen LogP) is 2.97. The van der Waals surface area contributed by atoms with Gasteiger partial charge >= 0.3 is 0 Å². The number of methoxy groups -OCH3 is 1. The van der Waals surface area contributed by atoms with Crippen LogP contribution in [-0.4, -0.2) is 26.3 Å². The third-order valence-electron chi connectivity index (χ3n) is 3.62. The Labute approximate surface area is 94.8 Å². The molecule has 2 atom stereocenters. The van der Waals surface area contributed by atoms with Crippen LogP contribution in [-0.2, 0) is 4.74 Å². The van der Waals surface area contributed by atoms with E-state index in [1.54, 1.807) is 7.11 Å². The summed E-state index contributed by atoms with van der Waals surface area (Å²) >= 11 is 0. The molecule has 1 aliphatic rings. The fraction of sp³-hybridized carbons (Fsp3) is 1.00. The fourth-order valence-electron chi connectivity index (χ4n) is 2.63. The van der Waals surface area contributed by atoms with Crippen molar-refractivity contribution in [2.75, 3.05) is 20.3 Å². The van der Waals surface area contributed by atoms with Crippen molar-refractivity contribution < 1.29 is 4.74 Å². The van der Waals surface area contributed by atoms with Crippen LogP contribution in [0.4, 0.5) is 0 Å². The van der Waals surface area contributed by atoms with Crippen molar-refractivity contribution in [2.45, 2.75) is 57.9 Å². The van der Waals surface area contributed by atoms with Gasteiger partial charge in [0.25, 0.3) is 0 Å². The van der Waals surface area contributed by atoms with E-state index in [1.165, 1.54) is 51.5 Å². The fourth-order valence-corrected chi connectivity index (χ4v) is 2.63. The monoisotopic (exact) mass is 213 g/mol. The third-order valence-corrected chi connectivity index (χ3v) is 3.62. The summed E-state index contributed by atoms with van der Waals surface area (Å²) in [6.07, 6.45) is 9.43. The Bertz CT molecular complexity index is 149. The van der Waals surface area contributed by atoms with Crippen LogP contribution >= 0.6 is 0 Å². The Balaban J connectivity index is 1.95. The average molecular weight is 213 g/mol. The minimum Gasteiger partial charge on any atom is -0.385 e. The van der Waals surface area contributed by atoms with Crippen molar-refractivity contribution in [2.24, 2.45) is 5.92 Å². The molecular formula is C13H27NO. The van der Waals surface area contributed by atoms with Gasteiger partial charge in [0.1, 0.15) is 0 Å². The largest absolute Gasteiger partial charge is 0.385 e. The number of rotatable bonds is 8. The predicted molar refractivity (Wildman–Crippen MR) is 65.1 cm³/mol. The van der Waals surface area contributed by atoms with Crippen molar-refractivity contribution in [3.8, 4) is 0 Å². The van der Waals surface area contributed by atoms with E-state index in [0.717, 1.165) is 18.6 Å². The molecule has 2 nitrogen and oxygen atoms in total. The van der Waals surface area contributed by atoms with E-state index < -0.39 is 0 Å². The van der Waals surface area contributed by atoms with Gasteiger partial charge in [-0.15, -0.1) is 0 Å².